The fourth-order valence-corrected chi connectivity index (χ4v) is 3.16. The summed E-state index contributed by atoms with van der Waals surface area (Å²) < 4.78 is 37.7. The molecule has 1 aromatic carbocycles. The van der Waals surface area contributed by atoms with Gasteiger partial charge in [-0.2, -0.15) is 0 Å². The molecule has 0 fully saturated rings. The van der Waals surface area contributed by atoms with E-state index in [4.69, 9.17) is 5.73 Å². The van der Waals surface area contributed by atoms with Crippen LogP contribution < -0.4 is 5.73 Å². The van der Waals surface area contributed by atoms with Crippen molar-refractivity contribution < 1.29 is 12.8 Å². The maximum atomic E-state index is 13.4. The smallest absolute Gasteiger partial charge is 0.186 e. The van der Waals surface area contributed by atoms with Crippen molar-refractivity contribution in [1.29, 1.82) is 0 Å². The Hall–Kier alpha value is -1.50. The highest BCUT2D eigenvalue weighted by atomic mass is 35.5. The minimum atomic E-state index is -3.77. The van der Waals surface area contributed by atoms with Gasteiger partial charge in [-0.25, -0.2) is 12.8 Å². The lowest BCUT2D eigenvalue weighted by atomic mass is 10.2. The molecule has 0 aliphatic carbocycles. The third-order valence-electron chi connectivity index (χ3n) is 2.60. The van der Waals surface area contributed by atoms with Crippen molar-refractivity contribution in [3.05, 3.63) is 48.4 Å². The van der Waals surface area contributed by atoms with Crippen LogP contribution in [0.4, 0.5) is 4.39 Å². The van der Waals surface area contributed by atoms with E-state index in [0.717, 1.165) is 6.08 Å². The molecule has 0 saturated heterocycles. The number of sulfone groups is 1. The molecule has 2 N–H and O–H groups in total. The first-order valence-electron chi connectivity index (χ1n) is 5.66. The van der Waals surface area contributed by atoms with Crippen LogP contribution in [0.2, 0.25) is 0 Å². The number of para-hydroxylation sites is 1. The van der Waals surface area contributed by atoms with Crippen LogP contribution >= 0.6 is 12.4 Å². The molecule has 0 saturated carbocycles. The molecule has 7 heteroatoms. The highest BCUT2D eigenvalue weighted by Crippen LogP contribution is 2.23. The van der Waals surface area contributed by atoms with E-state index < -0.39 is 21.4 Å². The molecule has 0 unspecified atom stereocenters. The van der Waals surface area contributed by atoms with Crippen LogP contribution in [0, 0.1) is 0 Å². The fourth-order valence-electron chi connectivity index (χ4n) is 1.77. The largest absolute Gasteiger partial charge is 0.327 e. The van der Waals surface area contributed by atoms with Gasteiger partial charge in [-0.15, -0.1) is 12.4 Å². The zero-order valence-electron chi connectivity index (χ0n) is 10.5. The van der Waals surface area contributed by atoms with Gasteiger partial charge in [0.05, 0.1) is 10.4 Å². The van der Waals surface area contributed by atoms with Crippen LogP contribution in [-0.4, -0.2) is 25.7 Å². The number of benzene rings is 1. The first-order valence-corrected chi connectivity index (χ1v) is 7.31. The number of pyridine rings is 1. The van der Waals surface area contributed by atoms with Crippen LogP contribution in [0.5, 0.6) is 0 Å². The fraction of sp³-hybridized carbons (Fsp3) is 0.154. The molecule has 1 aromatic heterocycles. The summed E-state index contributed by atoms with van der Waals surface area (Å²) in [6.45, 7) is -0.0326. The molecule has 0 aliphatic heterocycles. The SMILES string of the molecule is Cl.NC/C=C(\F)CS(=O)(=O)c1cccc2cccnc12. The Kier molecular flexibility index (Phi) is 5.62. The Balaban J connectivity index is 0.00000200. The van der Waals surface area contributed by atoms with Gasteiger partial charge in [-0.1, -0.05) is 18.2 Å². The summed E-state index contributed by atoms with van der Waals surface area (Å²) in [5.74, 6) is -1.45. The Bertz CT molecular complexity index is 727. The van der Waals surface area contributed by atoms with E-state index >= 15 is 0 Å². The van der Waals surface area contributed by atoms with Crippen molar-refractivity contribution in [2.45, 2.75) is 4.90 Å². The maximum absolute atomic E-state index is 13.4. The lowest BCUT2D eigenvalue weighted by Gasteiger charge is -2.06. The summed E-state index contributed by atoms with van der Waals surface area (Å²) in [7, 11) is -3.77. The molecule has 2 rings (SSSR count). The van der Waals surface area contributed by atoms with Gasteiger partial charge in [0.15, 0.2) is 9.84 Å². The minimum absolute atomic E-state index is 0. The number of hydrogen-bond donors (Lipinski definition) is 1. The number of rotatable bonds is 4. The molecular weight excluding hydrogens is 303 g/mol. The molecule has 0 radical (unpaired) electrons. The summed E-state index contributed by atoms with van der Waals surface area (Å²) in [6.07, 6.45) is 2.56. The number of nitrogens with zero attached hydrogens (tertiary/aromatic N) is 1. The molecule has 20 heavy (non-hydrogen) atoms. The predicted octanol–water partition coefficient (Wildman–Crippen LogP) is 2.24. The van der Waals surface area contributed by atoms with Gasteiger partial charge >= 0.3 is 0 Å². The van der Waals surface area contributed by atoms with E-state index in [1.807, 2.05) is 0 Å². The summed E-state index contributed by atoms with van der Waals surface area (Å²) in [5.41, 5.74) is 5.51. The van der Waals surface area contributed by atoms with E-state index in [9.17, 15) is 12.8 Å². The summed E-state index contributed by atoms with van der Waals surface area (Å²) >= 11 is 0. The topological polar surface area (TPSA) is 73.1 Å². The molecule has 2 aromatic rings. The highest BCUT2D eigenvalue weighted by molar-refractivity contribution is 7.91. The Morgan fingerprint density at radius 1 is 1.30 bits per heavy atom. The van der Waals surface area contributed by atoms with Gasteiger partial charge in [0.25, 0.3) is 0 Å². The normalized spacial score (nSPS) is 12.2. The van der Waals surface area contributed by atoms with Gasteiger partial charge in [0.2, 0.25) is 0 Å². The van der Waals surface area contributed by atoms with Crippen molar-refractivity contribution >= 4 is 33.1 Å². The highest BCUT2D eigenvalue weighted by Gasteiger charge is 2.20. The summed E-state index contributed by atoms with van der Waals surface area (Å²) in [4.78, 5) is 4.09. The van der Waals surface area contributed by atoms with Gasteiger partial charge < -0.3 is 5.73 Å². The van der Waals surface area contributed by atoms with Gasteiger partial charge in [-0.05, 0) is 18.2 Å². The molecule has 108 valence electrons. The Labute approximate surface area is 122 Å². The summed E-state index contributed by atoms with van der Waals surface area (Å²) in [5, 5.41) is 0.701. The second-order valence-electron chi connectivity index (χ2n) is 3.98. The third-order valence-corrected chi connectivity index (χ3v) is 4.25. The number of nitrogens with two attached hydrogens (primary N) is 1. The average Bonchev–Trinajstić information content (AvgIpc) is 2.37. The van der Waals surface area contributed by atoms with Gasteiger partial charge in [-0.3, -0.25) is 4.98 Å². The molecule has 4 nitrogen and oxygen atoms in total. The quantitative estimate of drug-likeness (QED) is 0.939. The Morgan fingerprint density at radius 2 is 2.00 bits per heavy atom. The zero-order valence-corrected chi connectivity index (χ0v) is 12.1. The molecular formula is C13H14ClFN2O2S. The first-order chi connectivity index (χ1) is 9.04. The minimum Gasteiger partial charge on any atom is -0.327 e. The van der Waals surface area contributed by atoms with Crippen molar-refractivity contribution in [1.82, 2.24) is 4.98 Å². The second-order valence-corrected chi connectivity index (χ2v) is 5.94. The monoisotopic (exact) mass is 316 g/mol. The predicted molar refractivity (Wildman–Crippen MR) is 79.3 cm³/mol. The molecule has 0 bridgehead atoms. The van der Waals surface area contributed by atoms with Crippen LogP contribution in [0.1, 0.15) is 0 Å². The maximum Gasteiger partial charge on any atom is 0.186 e. The van der Waals surface area contributed by atoms with Gasteiger partial charge in [0.1, 0.15) is 11.6 Å². The molecule has 0 spiro atoms. The number of fused-ring (bicyclic) bond motifs is 1. The van der Waals surface area contributed by atoms with Crippen LogP contribution in [0.3, 0.4) is 0 Å². The van der Waals surface area contributed by atoms with E-state index in [2.05, 4.69) is 4.98 Å². The van der Waals surface area contributed by atoms with Crippen molar-refractivity contribution in [2.24, 2.45) is 5.73 Å². The van der Waals surface area contributed by atoms with E-state index in [0.29, 0.717) is 10.9 Å². The van der Waals surface area contributed by atoms with Crippen LogP contribution in [-0.2, 0) is 9.84 Å². The lowest BCUT2D eigenvalue weighted by Crippen LogP contribution is -2.09. The average molecular weight is 317 g/mol. The second kappa shape index (κ2) is 6.78. The molecule has 0 aliphatic rings. The van der Waals surface area contributed by atoms with E-state index in [1.165, 1.54) is 12.3 Å². The molecule has 0 atom stereocenters. The van der Waals surface area contributed by atoms with Crippen LogP contribution in [0.25, 0.3) is 10.9 Å². The first kappa shape index (κ1) is 16.6. The number of hydrogen-bond acceptors (Lipinski definition) is 4. The molecule has 1 heterocycles. The Morgan fingerprint density at radius 3 is 2.70 bits per heavy atom. The van der Waals surface area contributed by atoms with E-state index in [-0.39, 0.29) is 23.8 Å². The summed E-state index contributed by atoms with van der Waals surface area (Å²) in [6, 6.07) is 8.27. The van der Waals surface area contributed by atoms with Crippen molar-refractivity contribution in [3.8, 4) is 0 Å². The van der Waals surface area contributed by atoms with E-state index in [1.54, 1.807) is 24.3 Å². The van der Waals surface area contributed by atoms with Crippen molar-refractivity contribution in [2.75, 3.05) is 12.3 Å². The third kappa shape index (κ3) is 3.53. The standard InChI is InChI=1S/C13H13FN2O2S.ClH/c14-11(6-7-15)9-19(17,18)12-5-1-3-10-4-2-8-16-13(10)12;/h1-6,8H,7,9,15H2;1H/b11-6-;. The van der Waals surface area contributed by atoms with Crippen molar-refractivity contribution in [3.63, 3.8) is 0 Å². The zero-order chi connectivity index (χ0) is 13.9. The lowest BCUT2D eigenvalue weighted by molar-refractivity contribution is 0.583. The number of halogens is 2. The van der Waals surface area contributed by atoms with Gasteiger partial charge in [0, 0.05) is 18.1 Å². The van der Waals surface area contributed by atoms with Crippen LogP contribution in [0.15, 0.2) is 53.3 Å². The molecule has 0 amide bonds. The number of aromatic nitrogens is 1.